The number of carbonyl (C=O) groups is 1. The number of hydrogen-bond donors (Lipinski definition) is 2. The Labute approximate surface area is 178 Å². The Kier molecular flexibility index (Phi) is 7.13. The van der Waals surface area contributed by atoms with Gasteiger partial charge in [0, 0.05) is 16.8 Å². The van der Waals surface area contributed by atoms with Crippen molar-refractivity contribution >= 4 is 17.8 Å². The molecule has 0 radical (unpaired) electrons. The highest BCUT2D eigenvalue weighted by molar-refractivity contribution is 5.92. The van der Waals surface area contributed by atoms with Gasteiger partial charge < -0.3 is 20.0 Å². The molecule has 0 aliphatic heterocycles. The number of anilines is 1. The first-order valence-corrected chi connectivity index (χ1v) is 9.89. The lowest BCUT2D eigenvalue weighted by Crippen LogP contribution is -2.21. The first kappa shape index (κ1) is 23.3. The van der Waals surface area contributed by atoms with Crippen LogP contribution in [0, 0.1) is 0 Å². The molecule has 2 aromatic rings. The molecule has 0 aromatic heterocycles. The van der Waals surface area contributed by atoms with Crippen LogP contribution in [0.25, 0.3) is 0 Å². The highest BCUT2D eigenvalue weighted by Gasteiger charge is 2.26. The monoisotopic (exact) mass is 412 g/mol. The van der Waals surface area contributed by atoms with Gasteiger partial charge in [-0.05, 0) is 52.8 Å². The standard InChI is InChI=1S/C24H32N2O4/c1-23(2,3)19-12-17(13-20(22(19)28)24(4,5)6)26-21(27)15-30-25-14-16-8-10-18(29-7)11-9-16/h8-14,28H,15H2,1-7H3,(H,26,27)/b25-14-. The van der Waals surface area contributed by atoms with Crippen molar-refractivity contribution in [2.24, 2.45) is 5.16 Å². The second kappa shape index (κ2) is 9.20. The van der Waals surface area contributed by atoms with Gasteiger partial charge in [-0.1, -0.05) is 46.7 Å². The van der Waals surface area contributed by atoms with E-state index < -0.39 is 0 Å². The Bertz CT molecular complexity index is 869. The van der Waals surface area contributed by atoms with Crippen molar-refractivity contribution in [3.05, 3.63) is 53.1 Å². The smallest absolute Gasteiger partial charge is 0.265 e. The number of amides is 1. The summed E-state index contributed by atoms with van der Waals surface area (Å²) >= 11 is 0. The Morgan fingerprint density at radius 3 is 2.03 bits per heavy atom. The Hall–Kier alpha value is -3.02. The molecule has 2 aromatic carbocycles. The Morgan fingerprint density at radius 1 is 1.03 bits per heavy atom. The number of phenols is 1. The number of hydrogen-bond acceptors (Lipinski definition) is 5. The summed E-state index contributed by atoms with van der Waals surface area (Å²) in [6.45, 7) is 11.9. The number of aromatic hydroxyl groups is 1. The molecule has 0 spiro atoms. The summed E-state index contributed by atoms with van der Waals surface area (Å²) in [6.07, 6.45) is 1.53. The fraction of sp³-hybridized carbons (Fsp3) is 0.417. The maximum Gasteiger partial charge on any atom is 0.265 e. The predicted molar refractivity (Wildman–Crippen MR) is 121 cm³/mol. The average molecular weight is 413 g/mol. The fourth-order valence-corrected chi connectivity index (χ4v) is 2.93. The molecule has 0 atom stereocenters. The number of benzene rings is 2. The summed E-state index contributed by atoms with van der Waals surface area (Å²) < 4.78 is 5.10. The summed E-state index contributed by atoms with van der Waals surface area (Å²) in [5, 5.41) is 17.5. The van der Waals surface area contributed by atoms with Gasteiger partial charge in [0.1, 0.15) is 11.5 Å². The predicted octanol–water partition coefficient (Wildman–Crippen LogP) is 4.99. The van der Waals surface area contributed by atoms with E-state index in [1.54, 1.807) is 7.11 Å². The summed E-state index contributed by atoms with van der Waals surface area (Å²) in [5.74, 6) is 0.700. The molecule has 0 heterocycles. The molecular formula is C24H32N2O4. The third kappa shape index (κ3) is 6.24. The van der Waals surface area contributed by atoms with E-state index in [0.717, 1.165) is 22.4 Å². The molecule has 30 heavy (non-hydrogen) atoms. The molecular weight excluding hydrogens is 380 g/mol. The summed E-state index contributed by atoms with van der Waals surface area (Å²) in [4.78, 5) is 17.4. The third-order valence-corrected chi connectivity index (χ3v) is 4.60. The van der Waals surface area contributed by atoms with Crippen LogP contribution >= 0.6 is 0 Å². The van der Waals surface area contributed by atoms with Gasteiger partial charge in [0.25, 0.3) is 5.91 Å². The van der Waals surface area contributed by atoms with E-state index in [0.29, 0.717) is 5.69 Å². The van der Waals surface area contributed by atoms with Crippen molar-refractivity contribution in [1.82, 2.24) is 0 Å². The maximum atomic E-state index is 12.3. The molecule has 0 aliphatic carbocycles. The minimum Gasteiger partial charge on any atom is -0.507 e. The second-order valence-corrected chi connectivity index (χ2v) is 9.25. The van der Waals surface area contributed by atoms with Crippen LogP contribution in [0.15, 0.2) is 41.6 Å². The molecule has 2 N–H and O–H groups in total. The zero-order chi connectivity index (χ0) is 22.5. The molecule has 0 saturated heterocycles. The topological polar surface area (TPSA) is 80.2 Å². The summed E-state index contributed by atoms with van der Waals surface area (Å²) in [7, 11) is 1.60. The van der Waals surface area contributed by atoms with E-state index in [9.17, 15) is 9.90 Å². The normalized spacial score (nSPS) is 12.1. The van der Waals surface area contributed by atoms with Gasteiger partial charge >= 0.3 is 0 Å². The third-order valence-electron chi connectivity index (χ3n) is 4.60. The maximum absolute atomic E-state index is 12.3. The SMILES string of the molecule is COc1ccc(/C=N\OCC(=O)Nc2cc(C(C)(C)C)c(O)c(C(C)(C)C)c2)cc1. The van der Waals surface area contributed by atoms with Crippen LogP contribution in [-0.4, -0.2) is 30.9 Å². The quantitative estimate of drug-likeness (QED) is 0.398. The second-order valence-electron chi connectivity index (χ2n) is 9.25. The van der Waals surface area contributed by atoms with Crippen LogP contribution in [0.5, 0.6) is 11.5 Å². The minimum atomic E-state index is -0.327. The number of nitrogens with zero attached hydrogens (tertiary/aromatic N) is 1. The zero-order valence-electron chi connectivity index (χ0n) is 18.9. The van der Waals surface area contributed by atoms with Crippen molar-refractivity contribution in [2.75, 3.05) is 19.0 Å². The number of rotatable bonds is 6. The lowest BCUT2D eigenvalue weighted by Gasteiger charge is -2.28. The van der Waals surface area contributed by atoms with Gasteiger partial charge in [0.05, 0.1) is 13.3 Å². The largest absolute Gasteiger partial charge is 0.507 e. The minimum absolute atomic E-state index is 0.219. The van der Waals surface area contributed by atoms with Gasteiger partial charge in [-0.3, -0.25) is 4.79 Å². The molecule has 0 unspecified atom stereocenters. The van der Waals surface area contributed by atoms with E-state index in [1.165, 1.54) is 6.21 Å². The van der Waals surface area contributed by atoms with Gasteiger partial charge in [0.2, 0.25) is 0 Å². The molecule has 0 fully saturated rings. The van der Waals surface area contributed by atoms with Crippen LogP contribution < -0.4 is 10.1 Å². The number of ether oxygens (including phenoxy) is 1. The van der Waals surface area contributed by atoms with E-state index in [4.69, 9.17) is 9.57 Å². The molecule has 0 bridgehead atoms. The molecule has 0 aliphatic rings. The molecule has 6 nitrogen and oxygen atoms in total. The average Bonchev–Trinajstić information content (AvgIpc) is 2.65. The highest BCUT2D eigenvalue weighted by atomic mass is 16.6. The molecule has 6 heteroatoms. The van der Waals surface area contributed by atoms with Crippen molar-refractivity contribution < 1.29 is 19.5 Å². The van der Waals surface area contributed by atoms with E-state index >= 15 is 0 Å². The van der Waals surface area contributed by atoms with Gasteiger partial charge in [-0.2, -0.15) is 0 Å². The lowest BCUT2D eigenvalue weighted by molar-refractivity contribution is -0.120. The first-order valence-electron chi connectivity index (χ1n) is 9.89. The zero-order valence-corrected chi connectivity index (χ0v) is 18.9. The van der Waals surface area contributed by atoms with E-state index in [1.807, 2.05) is 77.9 Å². The number of nitrogens with one attached hydrogen (secondary N) is 1. The molecule has 0 saturated carbocycles. The van der Waals surface area contributed by atoms with Crippen LogP contribution in [0.2, 0.25) is 0 Å². The Balaban J connectivity index is 2.07. The lowest BCUT2D eigenvalue weighted by atomic mass is 9.79. The number of oxime groups is 1. The van der Waals surface area contributed by atoms with Gasteiger partial charge in [-0.25, -0.2) is 0 Å². The van der Waals surface area contributed by atoms with Crippen molar-refractivity contribution in [1.29, 1.82) is 0 Å². The van der Waals surface area contributed by atoms with Crippen LogP contribution in [0.4, 0.5) is 5.69 Å². The highest BCUT2D eigenvalue weighted by Crippen LogP contribution is 2.41. The van der Waals surface area contributed by atoms with E-state index in [-0.39, 0.29) is 29.1 Å². The van der Waals surface area contributed by atoms with Crippen LogP contribution in [0.1, 0.15) is 58.2 Å². The van der Waals surface area contributed by atoms with Gasteiger partial charge in [0.15, 0.2) is 6.61 Å². The van der Waals surface area contributed by atoms with Crippen LogP contribution in [-0.2, 0) is 20.5 Å². The Morgan fingerprint density at radius 2 is 1.57 bits per heavy atom. The van der Waals surface area contributed by atoms with Gasteiger partial charge in [-0.15, -0.1) is 0 Å². The molecule has 2 rings (SSSR count). The number of phenolic OH excluding ortho intramolecular Hbond substituents is 1. The van der Waals surface area contributed by atoms with Crippen molar-refractivity contribution in [3.8, 4) is 11.5 Å². The number of carbonyl (C=O) groups excluding carboxylic acids is 1. The molecule has 162 valence electrons. The van der Waals surface area contributed by atoms with Crippen molar-refractivity contribution in [2.45, 2.75) is 52.4 Å². The van der Waals surface area contributed by atoms with Crippen LogP contribution in [0.3, 0.4) is 0 Å². The van der Waals surface area contributed by atoms with Crippen molar-refractivity contribution in [3.63, 3.8) is 0 Å². The van der Waals surface area contributed by atoms with E-state index in [2.05, 4.69) is 10.5 Å². The fourth-order valence-electron chi connectivity index (χ4n) is 2.93. The first-order chi connectivity index (χ1) is 13.9. The summed E-state index contributed by atoms with van der Waals surface area (Å²) in [6, 6.07) is 10.9. The molecule has 1 amide bonds. The summed E-state index contributed by atoms with van der Waals surface area (Å²) in [5.41, 5.74) is 2.47. The number of methoxy groups -OCH3 is 1.